The molecule has 0 saturated heterocycles. The van der Waals surface area contributed by atoms with Gasteiger partial charge in [0.15, 0.2) is 5.69 Å². The molecule has 1 fully saturated rings. The Hall–Kier alpha value is -2.48. The fourth-order valence-corrected chi connectivity index (χ4v) is 2.44. The third-order valence-electron chi connectivity index (χ3n) is 3.58. The lowest BCUT2D eigenvalue weighted by Gasteiger charge is -2.36. The van der Waals surface area contributed by atoms with E-state index in [0.717, 1.165) is 12.8 Å². The molecule has 0 spiro atoms. The number of hydrogen-bond acceptors (Lipinski definition) is 4. The smallest absolute Gasteiger partial charge is 0.161 e. The summed E-state index contributed by atoms with van der Waals surface area (Å²) in [5.41, 5.74) is 1.48. The van der Waals surface area contributed by atoms with Crippen molar-refractivity contribution in [2.75, 3.05) is 5.32 Å². The van der Waals surface area contributed by atoms with Gasteiger partial charge < -0.3 is 5.32 Å². The first-order valence-electron chi connectivity index (χ1n) is 6.49. The van der Waals surface area contributed by atoms with Gasteiger partial charge in [0.25, 0.3) is 0 Å². The molecule has 3 rings (SSSR count). The largest absolute Gasteiger partial charge is 0.366 e. The Kier molecular flexibility index (Phi) is 3.30. The SMILES string of the molecule is N#Cc1cncc(NC2CC(c3ccc(F)cc3)C2)n1. The maximum absolute atomic E-state index is 12.9. The molecule has 0 unspecified atom stereocenters. The van der Waals surface area contributed by atoms with Crippen molar-refractivity contribution < 1.29 is 4.39 Å². The Bertz CT molecular complexity index is 642. The molecule has 1 saturated carbocycles. The number of halogens is 1. The standard InChI is InChI=1S/C15H13FN4/c16-12-3-1-10(2-4-12)11-5-13(6-11)19-15-9-18-8-14(7-17)20-15/h1-4,8-9,11,13H,5-6H2,(H,19,20). The molecule has 5 heteroatoms. The molecule has 20 heavy (non-hydrogen) atoms. The second-order valence-electron chi connectivity index (χ2n) is 4.96. The summed E-state index contributed by atoms with van der Waals surface area (Å²) < 4.78 is 12.9. The van der Waals surface area contributed by atoms with Gasteiger partial charge in [0, 0.05) is 6.04 Å². The number of nitriles is 1. The number of anilines is 1. The predicted octanol–water partition coefficient (Wildman–Crippen LogP) is 2.85. The lowest BCUT2D eigenvalue weighted by atomic mass is 9.76. The monoisotopic (exact) mass is 268 g/mol. The molecule has 2 aromatic rings. The minimum Gasteiger partial charge on any atom is -0.366 e. The number of hydrogen-bond donors (Lipinski definition) is 1. The van der Waals surface area contributed by atoms with Gasteiger partial charge in [0.2, 0.25) is 0 Å². The average molecular weight is 268 g/mol. The Morgan fingerprint density at radius 2 is 1.95 bits per heavy atom. The molecular weight excluding hydrogens is 255 g/mol. The van der Waals surface area contributed by atoms with E-state index in [-0.39, 0.29) is 5.82 Å². The molecule has 0 amide bonds. The zero-order valence-electron chi connectivity index (χ0n) is 10.8. The molecule has 1 aliphatic carbocycles. The third kappa shape index (κ3) is 2.59. The van der Waals surface area contributed by atoms with Crippen LogP contribution in [0.5, 0.6) is 0 Å². The molecule has 0 atom stereocenters. The van der Waals surface area contributed by atoms with Crippen molar-refractivity contribution in [1.29, 1.82) is 5.26 Å². The van der Waals surface area contributed by atoms with Crippen molar-refractivity contribution in [1.82, 2.24) is 9.97 Å². The van der Waals surface area contributed by atoms with Crippen molar-refractivity contribution >= 4 is 5.82 Å². The molecule has 1 aliphatic rings. The van der Waals surface area contributed by atoms with E-state index >= 15 is 0 Å². The number of rotatable bonds is 3. The molecule has 1 aromatic heterocycles. The van der Waals surface area contributed by atoms with Gasteiger partial charge in [0.05, 0.1) is 12.4 Å². The van der Waals surface area contributed by atoms with Gasteiger partial charge in [-0.2, -0.15) is 5.26 Å². The molecular formula is C15H13FN4. The highest BCUT2D eigenvalue weighted by Crippen LogP contribution is 2.38. The van der Waals surface area contributed by atoms with Crippen LogP contribution >= 0.6 is 0 Å². The molecule has 1 aromatic carbocycles. The fourth-order valence-electron chi connectivity index (χ4n) is 2.44. The third-order valence-corrected chi connectivity index (χ3v) is 3.58. The average Bonchev–Trinajstić information content (AvgIpc) is 2.44. The van der Waals surface area contributed by atoms with Gasteiger partial charge in [-0.05, 0) is 36.5 Å². The number of aromatic nitrogens is 2. The van der Waals surface area contributed by atoms with Crippen LogP contribution in [-0.2, 0) is 0 Å². The molecule has 0 bridgehead atoms. The van der Waals surface area contributed by atoms with Crippen molar-refractivity contribution in [2.24, 2.45) is 0 Å². The van der Waals surface area contributed by atoms with E-state index in [9.17, 15) is 4.39 Å². The highest BCUT2D eigenvalue weighted by molar-refractivity contribution is 5.37. The zero-order chi connectivity index (χ0) is 13.9. The normalized spacial score (nSPS) is 20.8. The molecule has 100 valence electrons. The summed E-state index contributed by atoms with van der Waals surface area (Å²) in [5.74, 6) is 0.887. The first kappa shape index (κ1) is 12.5. The number of nitrogens with zero attached hydrogens (tertiary/aromatic N) is 3. The van der Waals surface area contributed by atoms with Crippen molar-refractivity contribution in [3.05, 3.63) is 53.7 Å². The topological polar surface area (TPSA) is 61.6 Å². The molecule has 1 heterocycles. The molecule has 0 radical (unpaired) electrons. The summed E-state index contributed by atoms with van der Waals surface area (Å²) in [7, 11) is 0. The maximum Gasteiger partial charge on any atom is 0.161 e. The first-order valence-corrected chi connectivity index (χ1v) is 6.49. The number of nitrogens with one attached hydrogen (secondary N) is 1. The van der Waals surface area contributed by atoms with Gasteiger partial charge in [0.1, 0.15) is 17.7 Å². The van der Waals surface area contributed by atoms with E-state index in [0.29, 0.717) is 23.5 Å². The Morgan fingerprint density at radius 3 is 2.65 bits per heavy atom. The van der Waals surface area contributed by atoms with E-state index in [1.54, 1.807) is 6.20 Å². The summed E-state index contributed by atoms with van der Waals surface area (Å²) in [6, 6.07) is 8.97. The minimum absolute atomic E-state index is 0.202. The lowest BCUT2D eigenvalue weighted by molar-refractivity contribution is 0.373. The van der Waals surface area contributed by atoms with Crippen LogP contribution < -0.4 is 5.32 Å². The second-order valence-corrected chi connectivity index (χ2v) is 4.96. The van der Waals surface area contributed by atoms with Crippen LogP contribution in [0.2, 0.25) is 0 Å². The summed E-state index contributed by atoms with van der Waals surface area (Å²) in [6.45, 7) is 0. The maximum atomic E-state index is 12.9. The highest BCUT2D eigenvalue weighted by Gasteiger charge is 2.30. The second kappa shape index (κ2) is 5.25. The van der Waals surface area contributed by atoms with Crippen LogP contribution in [0, 0.1) is 17.1 Å². The van der Waals surface area contributed by atoms with Crippen molar-refractivity contribution in [2.45, 2.75) is 24.8 Å². The van der Waals surface area contributed by atoms with Crippen LogP contribution in [0.15, 0.2) is 36.7 Å². The summed E-state index contributed by atoms with van der Waals surface area (Å²) in [6.07, 6.45) is 5.01. The van der Waals surface area contributed by atoms with Crippen LogP contribution in [0.4, 0.5) is 10.2 Å². The van der Waals surface area contributed by atoms with E-state index < -0.39 is 0 Å². The van der Waals surface area contributed by atoms with Crippen LogP contribution in [-0.4, -0.2) is 16.0 Å². The fraction of sp³-hybridized carbons (Fsp3) is 0.267. The van der Waals surface area contributed by atoms with Crippen molar-refractivity contribution in [3.63, 3.8) is 0 Å². The van der Waals surface area contributed by atoms with Gasteiger partial charge in [-0.3, -0.25) is 4.98 Å². The first-order chi connectivity index (χ1) is 9.74. The van der Waals surface area contributed by atoms with Gasteiger partial charge in [-0.25, -0.2) is 9.37 Å². The highest BCUT2D eigenvalue weighted by atomic mass is 19.1. The van der Waals surface area contributed by atoms with Gasteiger partial charge in [-0.15, -0.1) is 0 Å². The zero-order valence-corrected chi connectivity index (χ0v) is 10.8. The van der Waals surface area contributed by atoms with Gasteiger partial charge >= 0.3 is 0 Å². The summed E-state index contributed by atoms with van der Waals surface area (Å²) >= 11 is 0. The molecule has 4 nitrogen and oxygen atoms in total. The minimum atomic E-state index is -0.202. The van der Waals surface area contributed by atoms with E-state index in [1.807, 2.05) is 18.2 Å². The Morgan fingerprint density at radius 1 is 1.20 bits per heavy atom. The van der Waals surface area contributed by atoms with Crippen LogP contribution in [0.3, 0.4) is 0 Å². The van der Waals surface area contributed by atoms with Crippen LogP contribution in [0.25, 0.3) is 0 Å². The predicted molar refractivity (Wildman–Crippen MR) is 72.5 cm³/mol. The Balaban J connectivity index is 1.58. The van der Waals surface area contributed by atoms with Crippen molar-refractivity contribution in [3.8, 4) is 6.07 Å². The number of benzene rings is 1. The van der Waals surface area contributed by atoms with Crippen LogP contribution in [0.1, 0.15) is 30.0 Å². The quantitative estimate of drug-likeness (QED) is 0.929. The summed E-state index contributed by atoms with van der Waals surface area (Å²) in [5, 5.41) is 12.0. The molecule has 1 N–H and O–H groups in total. The Labute approximate surface area is 116 Å². The lowest BCUT2D eigenvalue weighted by Crippen LogP contribution is -2.34. The van der Waals surface area contributed by atoms with Gasteiger partial charge in [-0.1, -0.05) is 12.1 Å². The van der Waals surface area contributed by atoms with E-state index in [1.165, 1.54) is 23.9 Å². The van der Waals surface area contributed by atoms with E-state index in [2.05, 4.69) is 15.3 Å². The molecule has 0 aliphatic heterocycles. The van der Waals surface area contributed by atoms with E-state index in [4.69, 9.17) is 5.26 Å². The summed E-state index contributed by atoms with van der Waals surface area (Å²) in [4.78, 5) is 8.10.